The van der Waals surface area contributed by atoms with Crippen LogP contribution in [0.4, 0.5) is 5.69 Å². The van der Waals surface area contributed by atoms with Gasteiger partial charge in [-0.05, 0) is 53.9 Å². The van der Waals surface area contributed by atoms with E-state index < -0.39 is 0 Å². The first-order valence-corrected chi connectivity index (χ1v) is 8.95. The number of pyridine rings is 1. The van der Waals surface area contributed by atoms with Crippen LogP contribution in [0.2, 0.25) is 0 Å². The van der Waals surface area contributed by atoms with E-state index >= 15 is 0 Å². The number of nitrogens with two attached hydrogens (primary N) is 1. The maximum Gasteiger partial charge on any atom is 0.101 e. The molecular formula is C23H20N4. The third-order valence-electron chi connectivity index (χ3n) is 4.83. The highest BCUT2D eigenvalue weighted by atomic mass is 15.0. The van der Waals surface area contributed by atoms with Gasteiger partial charge in [-0.3, -0.25) is 4.98 Å². The predicted molar refractivity (Wildman–Crippen MR) is 110 cm³/mol. The smallest absolute Gasteiger partial charge is 0.101 e. The lowest BCUT2D eigenvalue weighted by Crippen LogP contribution is -2.00. The fraction of sp³-hybridized carbons (Fsp3) is 0.130. The molecule has 132 valence electrons. The van der Waals surface area contributed by atoms with E-state index in [0.717, 1.165) is 27.8 Å². The Morgan fingerprint density at radius 2 is 1.93 bits per heavy atom. The van der Waals surface area contributed by atoms with Gasteiger partial charge in [0.2, 0.25) is 0 Å². The van der Waals surface area contributed by atoms with Gasteiger partial charge in [-0.2, -0.15) is 5.26 Å². The molecule has 2 heterocycles. The van der Waals surface area contributed by atoms with E-state index in [1.165, 1.54) is 5.56 Å². The third kappa shape index (κ3) is 2.94. The molecule has 0 saturated heterocycles. The lowest BCUT2D eigenvalue weighted by Gasteiger charge is -2.15. The Morgan fingerprint density at radius 1 is 1.07 bits per heavy atom. The van der Waals surface area contributed by atoms with Crippen molar-refractivity contribution in [3.05, 3.63) is 78.1 Å². The summed E-state index contributed by atoms with van der Waals surface area (Å²) in [5.74, 6) is 0.445. The molecule has 0 spiro atoms. The molecule has 0 unspecified atom stereocenters. The van der Waals surface area contributed by atoms with Crippen LogP contribution in [0.3, 0.4) is 0 Å². The van der Waals surface area contributed by atoms with Crippen LogP contribution < -0.4 is 5.73 Å². The molecule has 0 aliphatic rings. The predicted octanol–water partition coefficient (Wildman–Crippen LogP) is 5.27. The second-order valence-corrected chi connectivity index (χ2v) is 6.95. The summed E-state index contributed by atoms with van der Waals surface area (Å²) in [5.41, 5.74) is 12.2. The Morgan fingerprint density at radius 3 is 2.70 bits per heavy atom. The maximum absolute atomic E-state index is 9.69. The number of hydrogen-bond acceptors (Lipinski definition) is 3. The topological polar surface area (TPSA) is 67.6 Å². The van der Waals surface area contributed by atoms with E-state index in [4.69, 9.17) is 5.73 Å². The van der Waals surface area contributed by atoms with Crippen molar-refractivity contribution in [2.24, 2.45) is 0 Å². The molecule has 27 heavy (non-hydrogen) atoms. The van der Waals surface area contributed by atoms with Gasteiger partial charge in [0.25, 0.3) is 0 Å². The summed E-state index contributed by atoms with van der Waals surface area (Å²) in [4.78, 5) is 4.42. The lowest BCUT2D eigenvalue weighted by molar-refractivity contribution is 0.863. The van der Waals surface area contributed by atoms with Gasteiger partial charge in [-0.25, -0.2) is 0 Å². The zero-order valence-corrected chi connectivity index (χ0v) is 15.3. The van der Waals surface area contributed by atoms with Crippen LogP contribution in [0.5, 0.6) is 0 Å². The molecule has 2 aromatic heterocycles. The zero-order chi connectivity index (χ0) is 19.0. The molecule has 0 aliphatic carbocycles. The number of nitriles is 1. The van der Waals surface area contributed by atoms with Crippen LogP contribution in [0, 0.1) is 11.3 Å². The molecule has 4 rings (SSSR count). The average Bonchev–Trinajstić information content (AvgIpc) is 3.16. The molecule has 2 N–H and O–H groups in total. The number of nitrogens with zero attached hydrogens (tertiary/aromatic N) is 3. The summed E-state index contributed by atoms with van der Waals surface area (Å²) in [6, 6.07) is 20.4. The van der Waals surface area contributed by atoms with Crippen molar-refractivity contribution in [3.8, 4) is 23.0 Å². The Balaban J connectivity index is 2.00. The van der Waals surface area contributed by atoms with E-state index in [2.05, 4.69) is 53.7 Å². The monoisotopic (exact) mass is 352 g/mol. The van der Waals surface area contributed by atoms with Crippen LogP contribution >= 0.6 is 0 Å². The summed E-state index contributed by atoms with van der Waals surface area (Å²) in [7, 11) is 0. The minimum atomic E-state index is 0.445. The molecule has 0 bridgehead atoms. The highest BCUT2D eigenvalue weighted by Crippen LogP contribution is 2.34. The number of benzene rings is 2. The van der Waals surface area contributed by atoms with E-state index in [0.29, 0.717) is 17.2 Å². The minimum absolute atomic E-state index is 0.445. The fourth-order valence-corrected chi connectivity index (χ4v) is 3.41. The van der Waals surface area contributed by atoms with Gasteiger partial charge in [0.05, 0.1) is 16.8 Å². The van der Waals surface area contributed by atoms with Crippen molar-refractivity contribution in [2.75, 3.05) is 5.73 Å². The van der Waals surface area contributed by atoms with Crippen LogP contribution in [-0.4, -0.2) is 9.55 Å². The molecule has 0 saturated carbocycles. The molecule has 0 aliphatic heterocycles. The molecule has 0 amide bonds. The van der Waals surface area contributed by atoms with Gasteiger partial charge in [-0.1, -0.05) is 26.0 Å². The van der Waals surface area contributed by atoms with Crippen molar-refractivity contribution >= 4 is 16.6 Å². The summed E-state index contributed by atoms with van der Waals surface area (Å²) < 4.78 is 2.12. The van der Waals surface area contributed by atoms with E-state index in [1.807, 2.05) is 36.5 Å². The Hall–Kier alpha value is -3.58. The fourth-order valence-electron chi connectivity index (χ4n) is 3.41. The van der Waals surface area contributed by atoms with Crippen molar-refractivity contribution in [2.45, 2.75) is 19.8 Å². The minimum Gasteiger partial charge on any atom is -0.399 e. The van der Waals surface area contributed by atoms with E-state index in [9.17, 15) is 5.26 Å². The molecular weight excluding hydrogens is 332 g/mol. The molecule has 2 aromatic carbocycles. The standard InChI is InChI=1S/C23H20N4/c1-15(2)16-5-3-6-19(11-16)27-10-4-7-22(27)23-17(13-24)14-26-21-9-8-18(25)12-20(21)23/h3-12,14-15H,25H2,1-2H3. The van der Waals surface area contributed by atoms with Gasteiger partial charge in [0.1, 0.15) is 6.07 Å². The quantitative estimate of drug-likeness (QED) is 0.511. The number of fused-ring (bicyclic) bond motifs is 1. The van der Waals surface area contributed by atoms with Crippen LogP contribution in [-0.2, 0) is 0 Å². The van der Waals surface area contributed by atoms with Gasteiger partial charge >= 0.3 is 0 Å². The van der Waals surface area contributed by atoms with Crippen LogP contribution in [0.15, 0.2) is 67.0 Å². The molecule has 4 aromatic rings. The maximum atomic E-state index is 9.69. The van der Waals surface area contributed by atoms with Gasteiger partial charge in [0, 0.05) is 34.7 Å². The SMILES string of the molecule is CC(C)c1cccc(-n2cccc2-c2c(C#N)cnc3ccc(N)cc23)c1. The first-order chi connectivity index (χ1) is 13.1. The van der Waals surface area contributed by atoms with Gasteiger partial charge < -0.3 is 10.3 Å². The summed E-state index contributed by atoms with van der Waals surface area (Å²) in [5, 5.41) is 10.6. The Kier molecular flexibility index (Phi) is 4.13. The largest absolute Gasteiger partial charge is 0.399 e. The number of hydrogen-bond donors (Lipinski definition) is 1. The van der Waals surface area contributed by atoms with Crippen molar-refractivity contribution < 1.29 is 0 Å². The summed E-state index contributed by atoms with van der Waals surface area (Å²) >= 11 is 0. The molecule has 4 heteroatoms. The molecule has 0 fully saturated rings. The van der Waals surface area contributed by atoms with Crippen molar-refractivity contribution in [1.29, 1.82) is 5.26 Å². The first-order valence-electron chi connectivity index (χ1n) is 8.95. The summed E-state index contributed by atoms with van der Waals surface area (Å²) in [6.07, 6.45) is 3.66. The number of rotatable bonds is 3. The van der Waals surface area contributed by atoms with Gasteiger partial charge in [0.15, 0.2) is 0 Å². The number of anilines is 1. The second kappa shape index (κ2) is 6.62. The highest BCUT2D eigenvalue weighted by Gasteiger charge is 2.16. The van der Waals surface area contributed by atoms with Crippen LogP contribution in [0.25, 0.3) is 27.8 Å². The zero-order valence-electron chi connectivity index (χ0n) is 15.3. The number of nitrogen functional groups attached to an aromatic ring is 1. The van der Waals surface area contributed by atoms with Crippen LogP contribution in [0.1, 0.15) is 30.9 Å². The van der Waals surface area contributed by atoms with E-state index in [1.54, 1.807) is 6.20 Å². The van der Waals surface area contributed by atoms with Crippen molar-refractivity contribution in [1.82, 2.24) is 9.55 Å². The molecule has 0 atom stereocenters. The lowest BCUT2D eigenvalue weighted by atomic mass is 10.00. The Labute approximate surface area is 158 Å². The van der Waals surface area contributed by atoms with E-state index in [-0.39, 0.29) is 0 Å². The normalized spacial score (nSPS) is 11.0. The second-order valence-electron chi connectivity index (χ2n) is 6.95. The van der Waals surface area contributed by atoms with Gasteiger partial charge in [-0.15, -0.1) is 0 Å². The third-order valence-corrected chi connectivity index (χ3v) is 4.83. The highest BCUT2D eigenvalue weighted by molar-refractivity contribution is 5.98. The van der Waals surface area contributed by atoms with Crippen molar-refractivity contribution in [3.63, 3.8) is 0 Å². The molecule has 4 nitrogen and oxygen atoms in total. The number of aromatic nitrogens is 2. The summed E-state index contributed by atoms with van der Waals surface area (Å²) in [6.45, 7) is 4.37. The first kappa shape index (κ1) is 16.9. The Bertz CT molecular complexity index is 1180. The average molecular weight is 352 g/mol. The molecule has 0 radical (unpaired) electrons.